The minimum absolute atomic E-state index is 0.0978. The van der Waals surface area contributed by atoms with Crippen molar-refractivity contribution in [1.82, 2.24) is 15.2 Å². The largest absolute Gasteiger partial charge is 0.393 e. The van der Waals surface area contributed by atoms with E-state index >= 15 is 0 Å². The molecule has 0 unspecified atom stereocenters. The van der Waals surface area contributed by atoms with Gasteiger partial charge < -0.3 is 10.4 Å². The summed E-state index contributed by atoms with van der Waals surface area (Å²) in [7, 11) is 0. The fraction of sp³-hybridized carbons (Fsp3) is 0.360. The third kappa shape index (κ3) is 4.86. The van der Waals surface area contributed by atoms with Gasteiger partial charge in [-0.3, -0.25) is 14.7 Å². The summed E-state index contributed by atoms with van der Waals surface area (Å²) in [6, 6.07) is 16.4. The van der Waals surface area contributed by atoms with Crippen LogP contribution < -0.4 is 5.32 Å². The van der Waals surface area contributed by atoms with Crippen LogP contribution in [0.15, 0.2) is 48.5 Å². The maximum Gasteiger partial charge on any atom is 0.253 e. The molecular formula is C25H29N3O2. The van der Waals surface area contributed by atoms with E-state index < -0.39 is 0 Å². The molecule has 3 aromatic rings. The molecule has 156 valence electrons. The van der Waals surface area contributed by atoms with E-state index in [4.69, 9.17) is 0 Å². The third-order valence-electron chi connectivity index (χ3n) is 5.84. The molecule has 1 aliphatic heterocycles. The highest BCUT2D eigenvalue weighted by atomic mass is 16.3. The maximum atomic E-state index is 12.7. The quantitative estimate of drug-likeness (QED) is 0.681. The number of carbonyl (C=O) groups excluding carboxylic acids is 1. The van der Waals surface area contributed by atoms with E-state index in [0.717, 1.165) is 60.2 Å². The fourth-order valence-electron chi connectivity index (χ4n) is 4.00. The van der Waals surface area contributed by atoms with Crippen molar-refractivity contribution in [2.24, 2.45) is 0 Å². The first kappa shape index (κ1) is 20.5. The molecule has 1 saturated heterocycles. The molecule has 0 atom stereocenters. The predicted molar refractivity (Wildman–Crippen MR) is 119 cm³/mol. The first-order valence-corrected chi connectivity index (χ1v) is 10.6. The highest BCUT2D eigenvalue weighted by Gasteiger charge is 2.17. The number of pyridine rings is 1. The molecule has 0 spiro atoms. The Hall–Kier alpha value is -2.76. The van der Waals surface area contributed by atoms with E-state index in [2.05, 4.69) is 45.5 Å². The number of hydrogen-bond acceptors (Lipinski definition) is 4. The summed E-state index contributed by atoms with van der Waals surface area (Å²) in [4.78, 5) is 19.7. The number of aryl methyl sites for hydroxylation is 2. The highest BCUT2D eigenvalue weighted by Crippen LogP contribution is 2.18. The Morgan fingerprint density at radius 1 is 1.07 bits per heavy atom. The number of fused-ring (bicyclic) bond motifs is 1. The minimum atomic E-state index is -0.141. The molecule has 0 radical (unpaired) electrons. The van der Waals surface area contributed by atoms with Gasteiger partial charge in [-0.15, -0.1) is 0 Å². The molecule has 1 aliphatic rings. The first-order chi connectivity index (χ1) is 14.5. The van der Waals surface area contributed by atoms with Gasteiger partial charge in [0.05, 0.1) is 22.9 Å². The smallest absolute Gasteiger partial charge is 0.253 e. The Morgan fingerprint density at radius 2 is 1.77 bits per heavy atom. The van der Waals surface area contributed by atoms with Gasteiger partial charge in [0.2, 0.25) is 0 Å². The minimum Gasteiger partial charge on any atom is -0.393 e. The number of amides is 1. The van der Waals surface area contributed by atoms with Crippen LogP contribution in [0.1, 0.15) is 45.6 Å². The summed E-state index contributed by atoms with van der Waals surface area (Å²) in [5.74, 6) is -0.0978. The number of nitrogens with zero attached hydrogens (tertiary/aromatic N) is 2. The Morgan fingerprint density at radius 3 is 2.50 bits per heavy atom. The number of rotatable bonds is 5. The monoisotopic (exact) mass is 403 g/mol. The molecule has 5 nitrogen and oxygen atoms in total. The lowest BCUT2D eigenvalue weighted by Gasteiger charge is -2.29. The van der Waals surface area contributed by atoms with Gasteiger partial charge in [-0.25, -0.2) is 0 Å². The summed E-state index contributed by atoms with van der Waals surface area (Å²) in [6.07, 6.45) is 1.57. The van der Waals surface area contributed by atoms with Crippen LogP contribution in [0.3, 0.4) is 0 Å². The first-order valence-electron chi connectivity index (χ1n) is 10.6. The van der Waals surface area contributed by atoms with Crippen molar-refractivity contribution in [3.8, 4) is 0 Å². The van der Waals surface area contributed by atoms with Gasteiger partial charge in [0.1, 0.15) is 0 Å². The second-order valence-electron chi connectivity index (χ2n) is 8.32. The summed E-state index contributed by atoms with van der Waals surface area (Å²) < 4.78 is 0. The number of hydrogen-bond donors (Lipinski definition) is 2. The zero-order valence-electron chi connectivity index (χ0n) is 17.7. The van der Waals surface area contributed by atoms with Gasteiger partial charge >= 0.3 is 0 Å². The molecule has 1 aromatic heterocycles. The second-order valence-corrected chi connectivity index (χ2v) is 8.32. The Kier molecular flexibility index (Phi) is 6.11. The number of aromatic nitrogens is 1. The van der Waals surface area contributed by atoms with Crippen LogP contribution in [-0.2, 0) is 13.1 Å². The summed E-state index contributed by atoms with van der Waals surface area (Å²) >= 11 is 0. The predicted octanol–water partition coefficient (Wildman–Crippen LogP) is 3.74. The van der Waals surface area contributed by atoms with Crippen molar-refractivity contribution in [3.63, 3.8) is 0 Å². The van der Waals surface area contributed by atoms with E-state index in [1.165, 1.54) is 5.56 Å². The van der Waals surface area contributed by atoms with Gasteiger partial charge in [0.15, 0.2) is 0 Å². The summed E-state index contributed by atoms with van der Waals surface area (Å²) in [5.41, 5.74) is 5.76. The molecule has 2 heterocycles. The highest BCUT2D eigenvalue weighted by molar-refractivity contribution is 5.98. The summed E-state index contributed by atoms with van der Waals surface area (Å²) in [5, 5.41) is 13.6. The second kappa shape index (κ2) is 8.94. The van der Waals surface area contributed by atoms with Crippen molar-refractivity contribution in [2.75, 3.05) is 13.1 Å². The molecule has 2 N–H and O–H groups in total. The van der Waals surface area contributed by atoms with E-state index in [9.17, 15) is 9.90 Å². The average Bonchev–Trinajstić information content (AvgIpc) is 2.74. The van der Waals surface area contributed by atoms with Crippen molar-refractivity contribution >= 4 is 16.8 Å². The number of aliphatic hydroxyl groups excluding tert-OH is 1. The van der Waals surface area contributed by atoms with Crippen molar-refractivity contribution < 1.29 is 9.90 Å². The van der Waals surface area contributed by atoms with Gasteiger partial charge in [-0.2, -0.15) is 0 Å². The lowest BCUT2D eigenvalue weighted by atomic mass is 10.1. The molecule has 4 rings (SSSR count). The lowest BCUT2D eigenvalue weighted by Crippen LogP contribution is -2.35. The van der Waals surface area contributed by atoms with Crippen LogP contribution in [0.5, 0.6) is 0 Å². The topological polar surface area (TPSA) is 65.5 Å². The number of nitrogens with one attached hydrogen (secondary N) is 1. The standard InChI is InChI=1S/C25H29N3O2/c1-17-3-8-24-21(13-17)14-23(18(2)27-24)25(30)26-15-19-4-6-20(7-5-19)16-28-11-9-22(29)10-12-28/h3-8,13-14,22,29H,9-12,15-16H2,1-2H3,(H,26,30). The normalized spacial score (nSPS) is 15.4. The molecule has 0 bridgehead atoms. The van der Waals surface area contributed by atoms with E-state index in [0.29, 0.717) is 12.1 Å². The number of piperidine rings is 1. The number of likely N-dealkylation sites (tertiary alicyclic amines) is 1. The van der Waals surface area contributed by atoms with E-state index in [1.807, 2.05) is 32.0 Å². The number of aliphatic hydroxyl groups is 1. The maximum absolute atomic E-state index is 12.7. The molecule has 2 aromatic carbocycles. The molecule has 0 saturated carbocycles. The molecular weight excluding hydrogens is 374 g/mol. The lowest BCUT2D eigenvalue weighted by molar-refractivity contribution is 0.0792. The Labute approximate surface area is 177 Å². The van der Waals surface area contributed by atoms with Crippen LogP contribution in [0.2, 0.25) is 0 Å². The number of benzene rings is 2. The SMILES string of the molecule is Cc1ccc2nc(C)c(C(=O)NCc3ccc(CN4CCC(O)CC4)cc3)cc2c1. The van der Waals surface area contributed by atoms with Crippen molar-refractivity contribution in [1.29, 1.82) is 0 Å². The van der Waals surface area contributed by atoms with E-state index in [1.54, 1.807) is 0 Å². The Balaban J connectivity index is 1.37. The van der Waals surface area contributed by atoms with Gasteiger partial charge in [0, 0.05) is 31.6 Å². The third-order valence-corrected chi connectivity index (χ3v) is 5.84. The summed E-state index contributed by atoms with van der Waals surface area (Å²) in [6.45, 7) is 7.19. The molecule has 0 aliphatic carbocycles. The zero-order chi connectivity index (χ0) is 21.1. The van der Waals surface area contributed by atoms with Crippen LogP contribution in [0.4, 0.5) is 0 Å². The van der Waals surface area contributed by atoms with Gasteiger partial charge in [-0.05, 0) is 56.0 Å². The molecule has 30 heavy (non-hydrogen) atoms. The zero-order valence-corrected chi connectivity index (χ0v) is 17.7. The van der Waals surface area contributed by atoms with E-state index in [-0.39, 0.29) is 12.0 Å². The van der Waals surface area contributed by atoms with Crippen molar-refractivity contribution in [3.05, 3.63) is 76.5 Å². The average molecular weight is 404 g/mol. The Bertz CT molecular complexity index is 1040. The van der Waals surface area contributed by atoms with Gasteiger partial charge in [-0.1, -0.05) is 35.9 Å². The van der Waals surface area contributed by atoms with Crippen molar-refractivity contribution in [2.45, 2.75) is 45.9 Å². The molecule has 5 heteroatoms. The van der Waals surface area contributed by atoms with Crippen LogP contribution >= 0.6 is 0 Å². The van der Waals surface area contributed by atoms with Crippen LogP contribution in [-0.4, -0.2) is 40.1 Å². The van der Waals surface area contributed by atoms with Crippen LogP contribution in [0.25, 0.3) is 10.9 Å². The molecule has 1 amide bonds. The van der Waals surface area contributed by atoms with Crippen LogP contribution in [0, 0.1) is 13.8 Å². The number of carbonyl (C=O) groups is 1. The van der Waals surface area contributed by atoms with Gasteiger partial charge in [0.25, 0.3) is 5.91 Å². The fourth-order valence-corrected chi connectivity index (χ4v) is 4.00. The molecule has 1 fully saturated rings.